The molecule has 0 saturated carbocycles. The zero-order chi connectivity index (χ0) is 33.0. The molecule has 46 heavy (non-hydrogen) atoms. The van der Waals surface area contributed by atoms with Crippen LogP contribution in [0.1, 0.15) is 48.9 Å². The summed E-state index contributed by atoms with van der Waals surface area (Å²) in [4.78, 5) is 30.4. The largest absolute Gasteiger partial charge is 0.496 e. The summed E-state index contributed by atoms with van der Waals surface area (Å²) < 4.78 is 19.5. The van der Waals surface area contributed by atoms with E-state index in [0.29, 0.717) is 27.9 Å². The number of methoxy groups -OCH3 is 1. The van der Waals surface area contributed by atoms with Gasteiger partial charge in [0, 0.05) is 21.7 Å². The zero-order valence-corrected chi connectivity index (χ0v) is 27.7. The molecule has 5 aromatic rings. The van der Waals surface area contributed by atoms with Gasteiger partial charge in [-0.1, -0.05) is 54.0 Å². The van der Waals surface area contributed by atoms with E-state index < -0.39 is 4.92 Å². The van der Waals surface area contributed by atoms with Crippen LogP contribution in [0.5, 0.6) is 17.2 Å². The SMILES string of the molecule is CCOc1cc(C=Nn2c(-c3cc(C(C)C)c(OC)cc3C)nc3ccccc3c2=O)cc([N+](=O)[O-])c1OCc1ccc(Br)cc1. The average molecular weight is 686 g/mol. The summed E-state index contributed by atoms with van der Waals surface area (Å²) in [7, 11) is 1.63. The number of nitrogens with zero attached hydrogens (tertiary/aromatic N) is 4. The highest BCUT2D eigenvalue weighted by Crippen LogP contribution is 2.39. The minimum absolute atomic E-state index is 0.00668. The van der Waals surface area contributed by atoms with E-state index in [2.05, 4.69) is 34.9 Å². The Labute approximate surface area is 274 Å². The number of nitro benzene ring substituents is 1. The molecule has 0 bridgehead atoms. The zero-order valence-electron chi connectivity index (χ0n) is 26.1. The van der Waals surface area contributed by atoms with Crippen LogP contribution in [-0.4, -0.2) is 34.5 Å². The lowest BCUT2D eigenvalue weighted by Crippen LogP contribution is -2.21. The van der Waals surface area contributed by atoms with Gasteiger partial charge in [-0.15, -0.1) is 0 Å². The van der Waals surface area contributed by atoms with Crippen LogP contribution in [-0.2, 0) is 6.61 Å². The van der Waals surface area contributed by atoms with Crippen LogP contribution in [0.3, 0.4) is 0 Å². The van der Waals surface area contributed by atoms with E-state index in [4.69, 9.17) is 19.2 Å². The lowest BCUT2D eigenvalue weighted by molar-refractivity contribution is -0.386. The number of aryl methyl sites for hydroxylation is 1. The first kappa shape index (κ1) is 32.4. The topological polar surface area (TPSA) is 118 Å². The van der Waals surface area contributed by atoms with Gasteiger partial charge in [0.2, 0.25) is 5.75 Å². The first-order valence-electron chi connectivity index (χ1n) is 14.7. The molecule has 10 nitrogen and oxygen atoms in total. The molecule has 1 aromatic heterocycles. The second-order valence-electron chi connectivity index (χ2n) is 10.9. The summed E-state index contributed by atoms with van der Waals surface area (Å²) in [5.74, 6) is 1.41. The quantitative estimate of drug-likeness (QED) is 0.0785. The highest BCUT2D eigenvalue weighted by Gasteiger charge is 2.23. The molecule has 1 heterocycles. The average Bonchev–Trinajstić information content (AvgIpc) is 3.04. The van der Waals surface area contributed by atoms with Crippen LogP contribution in [0.4, 0.5) is 5.69 Å². The third kappa shape index (κ3) is 6.79. The third-order valence-electron chi connectivity index (χ3n) is 7.37. The first-order valence-corrected chi connectivity index (χ1v) is 15.5. The number of fused-ring (bicyclic) bond motifs is 1. The maximum atomic E-state index is 13.9. The molecular weight excluding hydrogens is 652 g/mol. The van der Waals surface area contributed by atoms with Gasteiger partial charge in [-0.25, -0.2) is 4.98 Å². The molecule has 0 aliphatic heterocycles. The Bertz CT molecular complexity index is 2000. The van der Waals surface area contributed by atoms with Crippen molar-refractivity contribution in [2.24, 2.45) is 5.10 Å². The summed E-state index contributed by atoms with van der Waals surface area (Å²) in [5.41, 5.74) is 3.53. The van der Waals surface area contributed by atoms with Crippen molar-refractivity contribution in [3.8, 4) is 28.6 Å². The number of benzene rings is 4. The summed E-state index contributed by atoms with van der Waals surface area (Å²) in [5, 5.41) is 17.2. The van der Waals surface area contributed by atoms with Gasteiger partial charge in [0.1, 0.15) is 12.4 Å². The fourth-order valence-corrected chi connectivity index (χ4v) is 5.32. The fraction of sp³-hybridized carbons (Fsp3) is 0.229. The van der Waals surface area contributed by atoms with Crippen molar-refractivity contribution in [1.29, 1.82) is 0 Å². The molecule has 0 amide bonds. The number of nitro groups is 1. The van der Waals surface area contributed by atoms with Crippen molar-refractivity contribution in [3.05, 3.63) is 120 Å². The van der Waals surface area contributed by atoms with Crippen LogP contribution >= 0.6 is 15.9 Å². The van der Waals surface area contributed by atoms with E-state index in [1.807, 2.05) is 49.4 Å². The molecule has 0 saturated heterocycles. The molecule has 0 aliphatic rings. The third-order valence-corrected chi connectivity index (χ3v) is 7.89. The molecule has 4 aromatic carbocycles. The van der Waals surface area contributed by atoms with Crippen LogP contribution < -0.4 is 19.8 Å². The number of aromatic nitrogens is 2. The van der Waals surface area contributed by atoms with Gasteiger partial charge >= 0.3 is 5.69 Å². The molecule has 236 valence electrons. The van der Waals surface area contributed by atoms with E-state index in [-0.39, 0.29) is 41.9 Å². The van der Waals surface area contributed by atoms with Gasteiger partial charge in [-0.2, -0.15) is 9.78 Å². The van der Waals surface area contributed by atoms with Gasteiger partial charge in [-0.3, -0.25) is 14.9 Å². The highest BCUT2D eigenvalue weighted by molar-refractivity contribution is 9.10. The Kier molecular flexibility index (Phi) is 9.81. The molecule has 11 heteroatoms. The van der Waals surface area contributed by atoms with Crippen LogP contribution in [0.2, 0.25) is 0 Å². The van der Waals surface area contributed by atoms with Gasteiger partial charge in [0.25, 0.3) is 5.56 Å². The van der Waals surface area contributed by atoms with E-state index in [9.17, 15) is 14.9 Å². The second kappa shape index (κ2) is 13.9. The smallest absolute Gasteiger partial charge is 0.315 e. The van der Waals surface area contributed by atoms with Crippen LogP contribution in [0.25, 0.3) is 22.3 Å². The van der Waals surface area contributed by atoms with Crippen LogP contribution in [0.15, 0.2) is 87.2 Å². The minimum Gasteiger partial charge on any atom is -0.496 e. The number of hydrogen-bond acceptors (Lipinski definition) is 8. The number of halogens is 1. The van der Waals surface area contributed by atoms with Gasteiger partial charge < -0.3 is 14.2 Å². The highest BCUT2D eigenvalue weighted by atomic mass is 79.9. The van der Waals surface area contributed by atoms with Gasteiger partial charge in [0.05, 0.1) is 35.8 Å². The van der Waals surface area contributed by atoms with E-state index >= 15 is 0 Å². The predicted octanol–water partition coefficient (Wildman–Crippen LogP) is 8.03. The Morgan fingerprint density at radius 3 is 2.46 bits per heavy atom. The molecule has 0 radical (unpaired) electrons. The standard InChI is InChI=1S/C35H33BrN4O6/c1-6-45-32-17-24(16-30(40(42)43)33(32)46-20-23-11-13-25(36)14-12-23)19-37-39-34(38-29-10-8-7-9-26(29)35(39)41)28-18-27(21(2)3)31(44-5)15-22(28)4/h7-19,21H,6,20H2,1-5H3. The summed E-state index contributed by atoms with van der Waals surface area (Å²) in [6, 6.07) is 21.3. The monoisotopic (exact) mass is 684 g/mol. The summed E-state index contributed by atoms with van der Waals surface area (Å²) >= 11 is 3.40. The normalized spacial score (nSPS) is 11.4. The summed E-state index contributed by atoms with van der Waals surface area (Å²) in [6.07, 6.45) is 1.39. The Morgan fingerprint density at radius 2 is 1.78 bits per heavy atom. The maximum Gasteiger partial charge on any atom is 0.315 e. The number of rotatable bonds is 11. The lowest BCUT2D eigenvalue weighted by atomic mass is 9.96. The van der Waals surface area contributed by atoms with Crippen LogP contribution in [0, 0.1) is 17.0 Å². The lowest BCUT2D eigenvalue weighted by Gasteiger charge is -2.17. The molecule has 5 rings (SSSR count). The van der Waals surface area contributed by atoms with E-state index in [1.54, 1.807) is 38.3 Å². The van der Waals surface area contributed by atoms with Crippen molar-refractivity contribution in [2.75, 3.05) is 13.7 Å². The second-order valence-corrected chi connectivity index (χ2v) is 11.8. The van der Waals surface area contributed by atoms with Crippen molar-refractivity contribution in [2.45, 2.75) is 40.2 Å². The number of ether oxygens (including phenoxy) is 3. The first-order chi connectivity index (χ1) is 22.1. The molecule has 0 aliphatic carbocycles. The van der Waals surface area contributed by atoms with Gasteiger partial charge in [0.15, 0.2) is 11.6 Å². The Hall–Kier alpha value is -5.03. The fourth-order valence-electron chi connectivity index (χ4n) is 5.06. The Morgan fingerprint density at radius 1 is 1.04 bits per heavy atom. The molecule has 0 spiro atoms. The Balaban J connectivity index is 1.64. The van der Waals surface area contributed by atoms with Gasteiger partial charge in [-0.05, 0) is 78.9 Å². The molecule has 0 unspecified atom stereocenters. The summed E-state index contributed by atoms with van der Waals surface area (Å²) in [6.45, 7) is 8.17. The maximum absolute atomic E-state index is 13.9. The van der Waals surface area contributed by atoms with Crippen molar-refractivity contribution in [1.82, 2.24) is 9.66 Å². The number of hydrogen-bond donors (Lipinski definition) is 0. The molecular formula is C35H33BrN4O6. The predicted molar refractivity (Wildman–Crippen MR) is 183 cm³/mol. The van der Waals surface area contributed by atoms with Crippen molar-refractivity contribution < 1.29 is 19.1 Å². The van der Waals surface area contributed by atoms with Crippen molar-refractivity contribution >= 4 is 38.7 Å². The molecule has 0 fully saturated rings. The minimum atomic E-state index is -0.528. The van der Waals surface area contributed by atoms with E-state index in [1.165, 1.54) is 17.0 Å². The van der Waals surface area contributed by atoms with Crippen molar-refractivity contribution in [3.63, 3.8) is 0 Å². The molecule has 0 N–H and O–H groups in total. The van der Waals surface area contributed by atoms with E-state index in [0.717, 1.165) is 26.9 Å². The number of para-hydroxylation sites is 1. The molecule has 0 atom stereocenters.